The van der Waals surface area contributed by atoms with E-state index in [2.05, 4.69) is 12.2 Å². The predicted molar refractivity (Wildman–Crippen MR) is 77.3 cm³/mol. The van der Waals surface area contributed by atoms with Crippen molar-refractivity contribution in [1.82, 2.24) is 0 Å². The van der Waals surface area contributed by atoms with Crippen molar-refractivity contribution in [3.63, 3.8) is 0 Å². The Morgan fingerprint density at radius 3 is 2.85 bits per heavy atom. The van der Waals surface area contributed by atoms with Crippen LogP contribution in [-0.2, 0) is 0 Å². The van der Waals surface area contributed by atoms with Gasteiger partial charge in [0.05, 0.1) is 10.6 Å². The minimum Gasteiger partial charge on any atom is -0.380 e. The lowest BCUT2D eigenvalue weighted by Crippen LogP contribution is -2.19. The number of nitro groups is 1. The van der Waals surface area contributed by atoms with Gasteiger partial charge in [-0.25, -0.2) is 4.39 Å². The molecule has 1 aromatic rings. The van der Waals surface area contributed by atoms with Gasteiger partial charge in [-0.2, -0.15) is 0 Å². The van der Waals surface area contributed by atoms with E-state index in [0.717, 1.165) is 37.7 Å². The number of hydrogen-bond acceptors (Lipinski definition) is 3. The van der Waals surface area contributed by atoms with Crippen LogP contribution < -0.4 is 5.32 Å². The van der Waals surface area contributed by atoms with Gasteiger partial charge in [-0.1, -0.05) is 26.2 Å². The summed E-state index contributed by atoms with van der Waals surface area (Å²) in [6, 6.07) is 3.85. The van der Waals surface area contributed by atoms with Crippen molar-refractivity contribution >= 4 is 11.4 Å². The van der Waals surface area contributed by atoms with E-state index in [9.17, 15) is 14.5 Å². The lowest BCUT2D eigenvalue weighted by Gasteiger charge is -2.18. The molecule has 2 rings (SSSR count). The van der Waals surface area contributed by atoms with Crippen LogP contribution in [0.4, 0.5) is 15.8 Å². The molecule has 0 spiro atoms. The molecule has 2 unspecified atom stereocenters. The van der Waals surface area contributed by atoms with Crippen molar-refractivity contribution in [3.05, 3.63) is 34.1 Å². The topological polar surface area (TPSA) is 55.2 Å². The van der Waals surface area contributed by atoms with E-state index in [1.54, 1.807) is 0 Å². The summed E-state index contributed by atoms with van der Waals surface area (Å²) in [6.07, 6.45) is 6.70. The lowest BCUT2D eigenvalue weighted by atomic mass is 9.98. The SMILES string of the molecule is CCC1CCCC(Nc2cc([N+](=O)[O-])ccc2F)CC1. The zero-order valence-electron chi connectivity index (χ0n) is 11.8. The molecule has 20 heavy (non-hydrogen) atoms. The van der Waals surface area contributed by atoms with E-state index in [-0.39, 0.29) is 17.4 Å². The van der Waals surface area contributed by atoms with Crippen LogP contribution in [0.3, 0.4) is 0 Å². The fraction of sp³-hybridized carbons (Fsp3) is 0.600. The van der Waals surface area contributed by atoms with Crippen molar-refractivity contribution in [2.75, 3.05) is 5.32 Å². The number of nitro benzene ring substituents is 1. The van der Waals surface area contributed by atoms with Gasteiger partial charge in [-0.3, -0.25) is 10.1 Å². The average molecular weight is 280 g/mol. The van der Waals surface area contributed by atoms with Crippen molar-refractivity contribution in [2.45, 2.75) is 51.5 Å². The molecular formula is C15H21FN2O2. The molecular weight excluding hydrogens is 259 g/mol. The summed E-state index contributed by atoms with van der Waals surface area (Å²) in [5.41, 5.74) is 0.174. The number of anilines is 1. The van der Waals surface area contributed by atoms with Gasteiger partial charge in [0.1, 0.15) is 5.82 Å². The predicted octanol–water partition coefficient (Wildman–Crippen LogP) is 4.50. The molecule has 0 aliphatic heterocycles. The number of rotatable bonds is 4. The van der Waals surface area contributed by atoms with Crippen molar-refractivity contribution < 1.29 is 9.31 Å². The Morgan fingerprint density at radius 2 is 2.15 bits per heavy atom. The van der Waals surface area contributed by atoms with E-state index < -0.39 is 10.7 Å². The Balaban J connectivity index is 2.05. The van der Waals surface area contributed by atoms with Crippen molar-refractivity contribution in [2.24, 2.45) is 5.92 Å². The quantitative estimate of drug-likeness (QED) is 0.501. The van der Waals surface area contributed by atoms with E-state index in [1.165, 1.54) is 25.0 Å². The van der Waals surface area contributed by atoms with E-state index in [0.29, 0.717) is 0 Å². The summed E-state index contributed by atoms with van der Waals surface area (Å²) in [5.74, 6) is 0.337. The molecule has 1 N–H and O–H groups in total. The maximum absolute atomic E-state index is 13.7. The molecule has 0 bridgehead atoms. The Hall–Kier alpha value is -1.65. The number of nitrogens with zero attached hydrogens (tertiary/aromatic N) is 1. The van der Waals surface area contributed by atoms with Crippen LogP contribution >= 0.6 is 0 Å². The summed E-state index contributed by atoms with van der Waals surface area (Å²) >= 11 is 0. The molecule has 1 fully saturated rings. The normalized spacial score (nSPS) is 23.1. The van der Waals surface area contributed by atoms with Crippen LogP contribution in [0.25, 0.3) is 0 Å². The molecule has 1 aliphatic rings. The maximum Gasteiger partial charge on any atom is 0.271 e. The van der Waals surface area contributed by atoms with E-state index in [1.807, 2.05) is 0 Å². The molecule has 0 aromatic heterocycles. The smallest absolute Gasteiger partial charge is 0.271 e. The standard InChI is InChI=1S/C15H21FN2O2/c1-2-11-4-3-5-12(7-6-11)17-15-10-13(18(19)20)8-9-14(15)16/h8-12,17H,2-7H2,1H3. The maximum atomic E-state index is 13.7. The molecule has 0 amide bonds. The second-order valence-corrected chi connectivity index (χ2v) is 5.55. The molecule has 110 valence electrons. The average Bonchev–Trinajstić information content (AvgIpc) is 2.66. The second-order valence-electron chi connectivity index (χ2n) is 5.55. The number of benzene rings is 1. The first-order chi connectivity index (χ1) is 9.60. The summed E-state index contributed by atoms with van der Waals surface area (Å²) in [5, 5.41) is 13.9. The molecule has 5 heteroatoms. The molecule has 1 saturated carbocycles. The van der Waals surface area contributed by atoms with Crippen LogP contribution in [0.1, 0.15) is 45.4 Å². The number of non-ortho nitro benzene ring substituents is 1. The Morgan fingerprint density at radius 1 is 1.35 bits per heavy atom. The zero-order valence-corrected chi connectivity index (χ0v) is 11.8. The van der Waals surface area contributed by atoms with Gasteiger partial charge >= 0.3 is 0 Å². The third-order valence-corrected chi connectivity index (χ3v) is 4.19. The number of hydrogen-bond donors (Lipinski definition) is 1. The molecule has 0 radical (unpaired) electrons. The lowest BCUT2D eigenvalue weighted by molar-refractivity contribution is -0.384. The molecule has 2 atom stereocenters. The van der Waals surface area contributed by atoms with Gasteiger partial charge in [0.15, 0.2) is 0 Å². The first-order valence-electron chi connectivity index (χ1n) is 7.30. The zero-order chi connectivity index (χ0) is 14.5. The minimum atomic E-state index is -0.495. The Labute approximate surface area is 118 Å². The first-order valence-corrected chi connectivity index (χ1v) is 7.30. The second kappa shape index (κ2) is 6.68. The van der Waals surface area contributed by atoms with Gasteiger partial charge in [0.25, 0.3) is 5.69 Å². The molecule has 0 heterocycles. The highest BCUT2D eigenvalue weighted by Crippen LogP contribution is 2.29. The highest BCUT2D eigenvalue weighted by atomic mass is 19.1. The highest BCUT2D eigenvalue weighted by molar-refractivity contribution is 5.52. The molecule has 1 aliphatic carbocycles. The summed E-state index contributed by atoms with van der Waals surface area (Å²) in [4.78, 5) is 10.3. The van der Waals surface area contributed by atoms with Gasteiger partial charge in [0, 0.05) is 18.2 Å². The van der Waals surface area contributed by atoms with Crippen LogP contribution in [0.15, 0.2) is 18.2 Å². The van der Waals surface area contributed by atoms with Gasteiger partial charge in [0.2, 0.25) is 0 Å². The van der Waals surface area contributed by atoms with E-state index in [4.69, 9.17) is 0 Å². The van der Waals surface area contributed by atoms with E-state index >= 15 is 0 Å². The van der Waals surface area contributed by atoms with Gasteiger partial charge < -0.3 is 5.32 Å². The Kier molecular flexibility index (Phi) is 4.93. The van der Waals surface area contributed by atoms with Crippen molar-refractivity contribution in [3.8, 4) is 0 Å². The summed E-state index contributed by atoms with van der Waals surface area (Å²) in [7, 11) is 0. The number of halogens is 1. The fourth-order valence-electron chi connectivity index (χ4n) is 2.89. The van der Waals surface area contributed by atoms with Gasteiger partial charge in [-0.15, -0.1) is 0 Å². The summed E-state index contributed by atoms with van der Waals surface area (Å²) < 4.78 is 13.7. The monoisotopic (exact) mass is 280 g/mol. The third kappa shape index (κ3) is 3.68. The van der Waals surface area contributed by atoms with Crippen LogP contribution in [0, 0.1) is 21.8 Å². The molecule has 4 nitrogen and oxygen atoms in total. The Bertz CT molecular complexity index is 479. The van der Waals surface area contributed by atoms with Crippen molar-refractivity contribution in [1.29, 1.82) is 0 Å². The highest BCUT2D eigenvalue weighted by Gasteiger charge is 2.19. The van der Waals surface area contributed by atoms with Crippen LogP contribution in [0.5, 0.6) is 0 Å². The molecule has 1 aromatic carbocycles. The van der Waals surface area contributed by atoms with Crippen LogP contribution in [0.2, 0.25) is 0 Å². The largest absolute Gasteiger partial charge is 0.380 e. The van der Waals surface area contributed by atoms with Crippen LogP contribution in [-0.4, -0.2) is 11.0 Å². The molecule has 0 saturated heterocycles. The number of nitrogens with one attached hydrogen (secondary N) is 1. The first kappa shape index (κ1) is 14.8. The fourth-order valence-corrected chi connectivity index (χ4v) is 2.89. The van der Waals surface area contributed by atoms with Gasteiger partial charge in [-0.05, 0) is 31.2 Å². The summed E-state index contributed by atoms with van der Waals surface area (Å²) in [6.45, 7) is 2.21. The minimum absolute atomic E-state index is 0.0750. The third-order valence-electron chi connectivity index (χ3n) is 4.19.